The Hall–Kier alpha value is -4.95. The van der Waals surface area contributed by atoms with Crippen LogP contribution in [-0.4, -0.2) is 34.9 Å². The van der Waals surface area contributed by atoms with Gasteiger partial charge in [-0.15, -0.1) is 0 Å². The fourth-order valence-corrected chi connectivity index (χ4v) is 6.26. The number of rotatable bonds is 9. The summed E-state index contributed by atoms with van der Waals surface area (Å²) in [6, 6.07) is 31.9. The predicted octanol–water partition coefficient (Wildman–Crippen LogP) is 4.70. The monoisotopic (exact) mass is 562 g/mol. The second-order valence-corrected chi connectivity index (χ2v) is 10.5. The number of amides is 2. The lowest BCUT2D eigenvalue weighted by Gasteiger charge is -2.32. The molecule has 2 fully saturated rings. The number of carboxylic acids is 1. The van der Waals surface area contributed by atoms with Crippen LogP contribution in [0, 0.1) is 11.8 Å². The lowest BCUT2D eigenvalue weighted by Crippen LogP contribution is -2.53. The van der Waals surface area contributed by atoms with Crippen molar-refractivity contribution in [1.29, 1.82) is 0 Å². The van der Waals surface area contributed by atoms with Crippen molar-refractivity contribution in [1.82, 2.24) is 10.2 Å². The van der Waals surface area contributed by atoms with Gasteiger partial charge < -0.3 is 14.6 Å². The molecule has 2 aliphatic heterocycles. The van der Waals surface area contributed by atoms with Gasteiger partial charge in [-0.3, -0.25) is 19.8 Å². The van der Waals surface area contributed by atoms with E-state index in [9.17, 15) is 19.5 Å². The van der Waals surface area contributed by atoms with E-state index < -0.39 is 41.2 Å². The van der Waals surface area contributed by atoms with Gasteiger partial charge in [0.2, 0.25) is 11.8 Å². The molecule has 8 heteroatoms. The maximum Gasteiger partial charge on any atom is 0.329 e. The SMILES string of the molecule is COc1cccc(C2NC(C(=O)O)(c3ccccc3)C3C(=O)N(Cc4ccccc4)C(=O)C23)c1OCc1ccccc1. The molecule has 0 saturated carbocycles. The molecule has 2 amide bonds. The third-order valence-corrected chi connectivity index (χ3v) is 8.19. The summed E-state index contributed by atoms with van der Waals surface area (Å²) in [5.41, 5.74) is 0.790. The first-order valence-electron chi connectivity index (χ1n) is 13.7. The first kappa shape index (κ1) is 27.2. The lowest BCUT2D eigenvalue weighted by molar-refractivity contribution is -0.152. The number of ether oxygens (including phenoxy) is 2. The number of benzene rings is 4. The number of hydrogen-bond acceptors (Lipinski definition) is 6. The van der Waals surface area contributed by atoms with Crippen molar-refractivity contribution in [3.63, 3.8) is 0 Å². The van der Waals surface area contributed by atoms with Crippen molar-refractivity contribution in [3.8, 4) is 11.5 Å². The van der Waals surface area contributed by atoms with Gasteiger partial charge in [0.15, 0.2) is 17.0 Å². The van der Waals surface area contributed by atoms with Gasteiger partial charge >= 0.3 is 5.97 Å². The average molecular weight is 563 g/mol. The molecule has 42 heavy (non-hydrogen) atoms. The molecule has 2 heterocycles. The molecule has 4 aromatic rings. The number of carbonyl (C=O) groups excluding carboxylic acids is 2. The minimum Gasteiger partial charge on any atom is -0.493 e. The van der Waals surface area contributed by atoms with Crippen molar-refractivity contribution in [3.05, 3.63) is 131 Å². The Morgan fingerprint density at radius 1 is 0.833 bits per heavy atom. The molecule has 0 aromatic heterocycles. The molecule has 8 nitrogen and oxygen atoms in total. The normalized spacial score (nSPS) is 23.1. The van der Waals surface area contributed by atoms with Crippen LogP contribution < -0.4 is 14.8 Å². The smallest absolute Gasteiger partial charge is 0.329 e. The van der Waals surface area contributed by atoms with E-state index in [1.807, 2.05) is 60.7 Å². The van der Waals surface area contributed by atoms with E-state index in [1.54, 1.807) is 48.5 Å². The number of hydrogen-bond donors (Lipinski definition) is 2. The minimum atomic E-state index is -1.85. The second kappa shape index (κ2) is 11.1. The molecule has 0 radical (unpaired) electrons. The number of fused-ring (bicyclic) bond motifs is 1. The molecular formula is C34H30N2O6. The van der Waals surface area contributed by atoms with Crippen LogP contribution in [0.25, 0.3) is 0 Å². The number of aliphatic carboxylic acids is 1. The molecule has 212 valence electrons. The van der Waals surface area contributed by atoms with Crippen LogP contribution in [-0.2, 0) is 33.1 Å². The molecular weight excluding hydrogens is 532 g/mol. The third kappa shape index (κ3) is 4.50. The number of carboxylic acid groups (broad SMARTS) is 1. The lowest BCUT2D eigenvalue weighted by atomic mass is 9.75. The van der Waals surface area contributed by atoms with Crippen molar-refractivity contribution in [2.24, 2.45) is 11.8 Å². The summed E-state index contributed by atoms with van der Waals surface area (Å²) in [5.74, 6) is -3.55. The number of para-hydroxylation sites is 1. The highest BCUT2D eigenvalue weighted by atomic mass is 16.5. The van der Waals surface area contributed by atoms with E-state index in [-0.39, 0.29) is 13.2 Å². The molecule has 0 spiro atoms. The molecule has 4 aromatic carbocycles. The highest BCUT2D eigenvalue weighted by Crippen LogP contribution is 2.55. The quantitative estimate of drug-likeness (QED) is 0.285. The van der Waals surface area contributed by atoms with Gasteiger partial charge in [0.05, 0.1) is 25.5 Å². The summed E-state index contributed by atoms with van der Waals surface area (Å²) >= 11 is 0. The summed E-state index contributed by atoms with van der Waals surface area (Å²) in [6.07, 6.45) is 0. The van der Waals surface area contributed by atoms with Crippen LogP contribution in [0.1, 0.15) is 28.3 Å². The Balaban J connectivity index is 1.48. The number of nitrogens with zero attached hydrogens (tertiary/aromatic N) is 1. The first-order chi connectivity index (χ1) is 20.5. The van der Waals surface area contributed by atoms with Crippen molar-refractivity contribution in [2.45, 2.75) is 24.7 Å². The number of methoxy groups -OCH3 is 1. The van der Waals surface area contributed by atoms with Gasteiger partial charge in [0.1, 0.15) is 6.61 Å². The third-order valence-electron chi connectivity index (χ3n) is 8.19. The molecule has 2 N–H and O–H groups in total. The summed E-state index contributed by atoms with van der Waals surface area (Å²) < 4.78 is 11.9. The zero-order chi connectivity index (χ0) is 29.3. The Kier molecular flexibility index (Phi) is 7.22. The second-order valence-electron chi connectivity index (χ2n) is 10.5. The first-order valence-corrected chi connectivity index (χ1v) is 13.7. The van der Waals surface area contributed by atoms with Gasteiger partial charge in [-0.25, -0.2) is 4.79 Å². The van der Waals surface area contributed by atoms with E-state index >= 15 is 0 Å². The Bertz CT molecular complexity index is 1610. The zero-order valence-electron chi connectivity index (χ0n) is 23.0. The van der Waals surface area contributed by atoms with Gasteiger partial charge in [-0.05, 0) is 22.8 Å². The Morgan fingerprint density at radius 3 is 2.07 bits per heavy atom. The summed E-state index contributed by atoms with van der Waals surface area (Å²) in [5, 5.41) is 14.1. The topological polar surface area (TPSA) is 105 Å². The molecule has 2 aliphatic rings. The highest BCUT2D eigenvalue weighted by Gasteiger charge is 2.69. The van der Waals surface area contributed by atoms with Gasteiger partial charge in [-0.1, -0.05) is 103 Å². The summed E-state index contributed by atoms with van der Waals surface area (Å²) in [4.78, 5) is 42.8. The van der Waals surface area contributed by atoms with Crippen LogP contribution in [0.15, 0.2) is 109 Å². The van der Waals surface area contributed by atoms with Crippen LogP contribution >= 0.6 is 0 Å². The van der Waals surface area contributed by atoms with Crippen LogP contribution in [0.2, 0.25) is 0 Å². The number of likely N-dealkylation sites (tertiary alicyclic amines) is 1. The van der Waals surface area contributed by atoms with E-state index in [2.05, 4.69) is 5.32 Å². The summed E-state index contributed by atoms with van der Waals surface area (Å²) in [7, 11) is 1.52. The van der Waals surface area contributed by atoms with Crippen LogP contribution in [0.5, 0.6) is 11.5 Å². The van der Waals surface area contributed by atoms with Gasteiger partial charge in [-0.2, -0.15) is 0 Å². The van der Waals surface area contributed by atoms with E-state index in [4.69, 9.17) is 9.47 Å². The fraction of sp³-hybridized carbons (Fsp3) is 0.206. The summed E-state index contributed by atoms with van der Waals surface area (Å²) in [6.45, 7) is 0.281. The molecule has 0 bridgehead atoms. The molecule has 0 aliphatic carbocycles. The highest BCUT2D eigenvalue weighted by molar-refractivity contribution is 6.09. The number of carbonyl (C=O) groups is 3. The number of nitrogens with one attached hydrogen (secondary N) is 1. The molecule has 4 unspecified atom stereocenters. The van der Waals surface area contributed by atoms with E-state index in [0.717, 1.165) is 11.1 Å². The largest absolute Gasteiger partial charge is 0.493 e. The molecule has 4 atom stereocenters. The van der Waals surface area contributed by atoms with E-state index in [0.29, 0.717) is 22.6 Å². The van der Waals surface area contributed by atoms with Crippen molar-refractivity contribution >= 4 is 17.8 Å². The average Bonchev–Trinajstić information content (AvgIpc) is 3.51. The Morgan fingerprint density at radius 2 is 1.45 bits per heavy atom. The minimum absolute atomic E-state index is 0.0538. The van der Waals surface area contributed by atoms with Crippen molar-refractivity contribution in [2.75, 3.05) is 7.11 Å². The molecule has 2 saturated heterocycles. The maximum absolute atomic E-state index is 14.2. The van der Waals surface area contributed by atoms with Gasteiger partial charge in [0, 0.05) is 11.6 Å². The maximum atomic E-state index is 14.2. The molecule has 6 rings (SSSR count). The predicted molar refractivity (Wildman–Crippen MR) is 154 cm³/mol. The standard InChI is InChI=1S/C34H30N2O6/c1-41-26-19-11-18-25(30(26)42-21-23-14-7-3-8-15-23)29-27-28(34(35-29,33(39)40)24-16-9-4-10-17-24)32(38)36(31(27)37)20-22-12-5-2-6-13-22/h2-19,27-29,35H,20-21H2,1H3,(H,39,40). The Labute approximate surface area is 243 Å². The van der Waals surface area contributed by atoms with Crippen LogP contribution in [0.4, 0.5) is 0 Å². The van der Waals surface area contributed by atoms with Gasteiger partial charge in [0.25, 0.3) is 0 Å². The number of imide groups is 1. The van der Waals surface area contributed by atoms with Crippen molar-refractivity contribution < 1.29 is 29.0 Å². The fourth-order valence-electron chi connectivity index (χ4n) is 6.26. The van der Waals surface area contributed by atoms with E-state index in [1.165, 1.54) is 12.0 Å². The van der Waals surface area contributed by atoms with Crippen LogP contribution in [0.3, 0.4) is 0 Å². The zero-order valence-corrected chi connectivity index (χ0v) is 23.0.